The van der Waals surface area contributed by atoms with Crippen LogP contribution in [0.2, 0.25) is 0 Å². The smallest absolute Gasteiger partial charge is 0.330 e. The van der Waals surface area contributed by atoms with Crippen LogP contribution in [0.4, 0.5) is 4.39 Å². The number of nitrogens with two attached hydrogens (primary N) is 1. The van der Waals surface area contributed by atoms with Gasteiger partial charge in [-0.15, -0.1) is 0 Å². The molecule has 40 heavy (non-hydrogen) atoms. The van der Waals surface area contributed by atoms with Crippen LogP contribution in [0.3, 0.4) is 0 Å². The number of phenols is 1. The van der Waals surface area contributed by atoms with E-state index in [2.05, 4.69) is 5.32 Å². The number of phenolic OH excluding ortho intramolecular Hbond substituents is 1. The van der Waals surface area contributed by atoms with E-state index in [0.29, 0.717) is 11.8 Å². The topological polar surface area (TPSA) is 186 Å². The summed E-state index contributed by atoms with van der Waals surface area (Å²) in [6, 6.07) is 13.1. The Bertz CT molecular complexity index is 1440. The third-order valence-corrected chi connectivity index (χ3v) is 6.44. The highest BCUT2D eigenvalue weighted by Crippen LogP contribution is 2.28. The number of hydrogen-bond donors (Lipinski definition) is 5. The predicted octanol–water partition coefficient (Wildman–Crippen LogP) is -0.130. The molecular formula is C27H29FN4O8. The Balaban J connectivity index is 1.41. The highest BCUT2D eigenvalue weighted by Gasteiger charge is 2.37. The third-order valence-electron chi connectivity index (χ3n) is 6.44. The molecule has 1 aliphatic rings. The Morgan fingerprint density at radius 2 is 1.80 bits per heavy atom. The highest BCUT2D eigenvalue weighted by molar-refractivity contribution is 5.87. The molecule has 5 atom stereocenters. The summed E-state index contributed by atoms with van der Waals surface area (Å²) in [4.78, 5) is 51.1. The largest absolute Gasteiger partial charge is 0.508 e. The van der Waals surface area contributed by atoms with Crippen LogP contribution < -0.4 is 22.3 Å². The zero-order valence-electron chi connectivity index (χ0n) is 21.2. The zero-order chi connectivity index (χ0) is 28.8. The van der Waals surface area contributed by atoms with Gasteiger partial charge in [-0.2, -0.15) is 4.39 Å². The fraction of sp³-hybridized carbons (Fsp3) is 0.333. The monoisotopic (exact) mass is 556 g/mol. The van der Waals surface area contributed by atoms with Crippen LogP contribution in [-0.4, -0.2) is 62.5 Å². The van der Waals surface area contributed by atoms with Gasteiger partial charge < -0.3 is 30.7 Å². The van der Waals surface area contributed by atoms with E-state index < -0.39 is 66.1 Å². The minimum Gasteiger partial charge on any atom is -0.508 e. The molecule has 212 valence electrons. The summed E-state index contributed by atoms with van der Waals surface area (Å²) in [7, 11) is 0. The molecule has 0 unspecified atom stereocenters. The summed E-state index contributed by atoms with van der Waals surface area (Å²) in [6.45, 7) is -0.435. The Kier molecular flexibility index (Phi) is 9.09. The first-order valence-corrected chi connectivity index (χ1v) is 12.5. The fourth-order valence-corrected chi connectivity index (χ4v) is 4.28. The molecule has 0 saturated carbocycles. The van der Waals surface area contributed by atoms with Gasteiger partial charge in [-0.1, -0.05) is 42.5 Å². The highest BCUT2D eigenvalue weighted by atomic mass is 19.1. The molecule has 1 saturated heterocycles. The van der Waals surface area contributed by atoms with Crippen LogP contribution in [0.15, 0.2) is 70.4 Å². The first-order valence-electron chi connectivity index (χ1n) is 12.5. The molecule has 13 heteroatoms. The molecule has 2 aromatic carbocycles. The summed E-state index contributed by atoms with van der Waals surface area (Å²) in [6.07, 6.45) is -2.55. The second kappa shape index (κ2) is 12.7. The third kappa shape index (κ3) is 7.20. The van der Waals surface area contributed by atoms with Crippen LogP contribution in [-0.2, 0) is 31.9 Å². The number of aromatic nitrogens is 2. The number of aromatic hydroxyl groups is 1. The lowest BCUT2D eigenvalue weighted by atomic mass is 10.0. The number of H-pyrrole nitrogens is 1. The van der Waals surface area contributed by atoms with Crippen LogP contribution in [0, 0.1) is 5.82 Å². The normalized spacial score (nSPS) is 20.0. The van der Waals surface area contributed by atoms with Gasteiger partial charge in [-0.25, -0.2) is 9.59 Å². The van der Waals surface area contributed by atoms with E-state index in [1.165, 1.54) is 12.1 Å². The van der Waals surface area contributed by atoms with E-state index in [1.54, 1.807) is 12.1 Å². The van der Waals surface area contributed by atoms with E-state index in [1.807, 2.05) is 35.3 Å². The quantitative estimate of drug-likeness (QED) is 0.212. The van der Waals surface area contributed by atoms with E-state index in [0.717, 1.165) is 10.1 Å². The van der Waals surface area contributed by atoms with Crippen molar-refractivity contribution < 1.29 is 33.7 Å². The van der Waals surface area contributed by atoms with Gasteiger partial charge in [0.15, 0.2) is 0 Å². The summed E-state index contributed by atoms with van der Waals surface area (Å²) in [5, 5.41) is 22.6. The maximum absolute atomic E-state index is 13.7. The van der Waals surface area contributed by atoms with Gasteiger partial charge in [0.05, 0.1) is 18.3 Å². The van der Waals surface area contributed by atoms with Gasteiger partial charge in [0.2, 0.25) is 11.7 Å². The van der Waals surface area contributed by atoms with Crippen LogP contribution in [0.5, 0.6) is 5.75 Å². The number of benzene rings is 2. The van der Waals surface area contributed by atoms with Crippen LogP contribution in [0.1, 0.15) is 23.8 Å². The number of esters is 1. The van der Waals surface area contributed by atoms with E-state index in [9.17, 15) is 33.8 Å². The molecule has 1 fully saturated rings. The lowest BCUT2D eigenvalue weighted by molar-refractivity contribution is -0.154. The molecule has 0 aliphatic carbocycles. The Hall–Kier alpha value is -4.33. The van der Waals surface area contributed by atoms with Gasteiger partial charge in [0.25, 0.3) is 5.56 Å². The number of amides is 1. The average Bonchev–Trinajstić information content (AvgIpc) is 3.30. The molecule has 0 bridgehead atoms. The number of carbonyl (C=O) groups is 2. The van der Waals surface area contributed by atoms with Crippen molar-refractivity contribution >= 4 is 11.9 Å². The van der Waals surface area contributed by atoms with Crippen molar-refractivity contribution in [3.05, 3.63) is 98.6 Å². The Morgan fingerprint density at radius 3 is 2.50 bits per heavy atom. The minimum absolute atomic E-state index is 0.0195. The van der Waals surface area contributed by atoms with Crippen molar-refractivity contribution in [2.45, 2.75) is 49.8 Å². The number of aromatic amines is 1. The molecule has 1 amide bonds. The van der Waals surface area contributed by atoms with Gasteiger partial charge in [0, 0.05) is 12.8 Å². The Morgan fingerprint density at radius 1 is 1.12 bits per heavy atom. The number of aliphatic hydroxyl groups is 1. The molecule has 4 rings (SSSR count). The van der Waals surface area contributed by atoms with Crippen molar-refractivity contribution in [2.24, 2.45) is 5.73 Å². The van der Waals surface area contributed by atoms with Gasteiger partial charge in [0.1, 0.15) is 30.7 Å². The first kappa shape index (κ1) is 28.7. The lowest BCUT2D eigenvalue weighted by Gasteiger charge is -2.22. The van der Waals surface area contributed by atoms with Gasteiger partial charge >= 0.3 is 11.7 Å². The van der Waals surface area contributed by atoms with Gasteiger partial charge in [-0.3, -0.25) is 19.1 Å². The predicted molar refractivity (Wildman–Crippen MR) is 139 cm³/mol. The maximum atomic E-state index is 13.7. The van der Waals surface area contributed by atoms with E-state index >= 15 is 0 Å². The molecule has 0 radical (unpaired) electrons. The lowest BCUT2D eigenvalue weighted by Crippen LogP contribution is -2.51. The molecule has 0 spiro atoms. The first-order chi connectivity index (χ1) is 19.1. The molecule has 1 aliphatic heterocycles. The van der Waals surface area contributed by atoms with Crippen molar-refractivity contribution in [2.75, 3.05) is 6.61 Å². The molecule has 6 N–H and O–H groups in total. The summed E-state index contributed by atoms with van der Waals surface area (Å²) < 4.78 is 25.4. The summed E-state index contributed by atoms with van der Waals surface area (Å²) in [5.74, 6) is -2.59. The molecule has 3 aromatic rings. The van der Waals surface area contributed by atoms with E-state index in [-0.39, 0.29) is 25.0 Å². The average molecular weight is 557 g/mol. The van der Waals surface area contributed by atoms with Gasteiger partial charge in [-0.05, 0) is 29.7 Å². The molecule has 12 nitrogen and oxygen atoms in total. The number of aliphatic hydroxyl groups excluding tert-OH is 1. The van der Waals surface area contributed by atoms with E-state index in [4.69, 9.17) is 15.2 Å². The number of carbonyl (C=O) groups excluding carboxylic acids is 2. The number of halogens is 1. The second-order valence-corrected chi connectivity index (χ2v) is 9.43. The van der Waals surface area contributed by atoms with Crippen molar-refractivity contribution in [3.8, 4) is 5.75 Å². The van der Waals surface area contributed by atoms with Crippen molar-refractivity contribution in [1.82, 2.24) is 14.9 Å². The fourth-order valence-electron chi connectivity index (χ4n) is 4.28. The number of hydrogen-bond acceptors (Lipinski definition) is 9. The van der Waals surface area contributed by atoms with Crippen LogP contribution in [0.25, 0.3) is 0 Å². The zero-order valence-corrected chi connectivity index (χ0v) is 21.2. The maximum Gasteiger partial charge on any atom is 0.330 e. The summed E-state index contributed by atoms with van der Waals surface area (Å²) in [5.41, 5.74) is 5.43. The standard InChI is InChI=1S/C27H29FN4O8/c28-18-13-32(27(38)31-24(18)35)23-12-21(34)22(40-23)14-39-26(37)20(11-16-6-8-17(33)9-7-16)30-25(36)19(29)10-15-4-2-1-3-5-15/h1-9,13,19-23,33-34H,10-12,14,29H2,(H,30,36)(H,31,35,38)/t19-,20-,21-,22+,23+/m0/s1. The molecular weight excluding hydrogens is 527 g/mol. The molecule has 2 heterocycles. The Labute approximate surface area is 227 Å². The van der Waals surface area contributed by atoms with Crippen molar-refractivity contribution in [1.29, 1.82) is 0 Å². The number of ether oxygens (including phenoxy) is 2. The minimum atomic E-state index is -1.20. The number of nitrogens with one attached hydrogen (secondary N) is 2. The number of rotatable bonds is 10. The SMILES string of the molecule is N[C@@H](Cc1ccccc1)C(=O)N[C@@H](Cc1ccc(O)cc1)C(=O)OC[C@H]1O[C@@H](n2cc(F)c(=O)[nH]c2=O)C[C@@H]1O. The van der Waals surface area contributed by atoms with Crippen molar-refractivity contribution in [3.63, 3.8) is 0 Å². The summed E-state index contributed by atoms with van der Waals surface area (Å²) >= 11 is 0. The second-order valence-electron chi connectivity index (χ2n) is 9.43. The molecule has 1 aromatic heterocycles. The van der Waals surface area contributed by atoms with Crippen LogP contribution >= 0.6 is 0 Å². The number of nitrogens with zero attached hydrogens (tertiary/aromatic N) is 1.